The lowest BCUT2D eigenvalue weighted by Crippen LogP contribution is -2.27. The first-order valence-corrected chi connectivity index (χ1v) is 4.60. The summed E-state index contributed by atoms with van der Waals surface area (Å²) in [7, 11) is 0. The fourth-order valence-electron chi connectivity index (χ4n) is 0.937. The average Bonchev–Trinajstić information content (AvgIpc) is 2.34. The van der Waals surface area contributed by atoms with Crippen LogP contribution in [0.4, 0.5) is 0 Å². The molecule has 1 aromatic carbocycles. The number of hydroxylamine groups is 1. The van der Waals surface area contributed by atoms with Gasteiger partial charge >= 0.3 is 0 Å². The molecule has 0 radical (unpaired) electrons. The molecule has 0 bridgehead atoms. The highest BCUT2D eigenvalue weighted by Crippen LogP contribution is 1.97. The van der Waals surface area contributed by atoms with Crippen molar-refractivity contribution in [2.24, 2.45) is 15.9 Å². The predicted molar refractivity (Wildman–Crippen MR) is 63.0 cm³/mol. The molecule has 0 aliphatic heterocycles. The van der Waals surface area contributed by atoms with E-state index in [4.69, 9.17) is 10.9 Å². The van der Waals surface area contributed by atoms with E-state index in [0.717, 1.165) is 5.56 Å². The third kappa shape index (κ3) is 4.79. The van der Waals surface area contributed by atoms with Gasteiger partial charge in [0.15, 0.2) is 0 Å². The molecule has 1 aromatic rings. The Morgan fingerprint density at radius 2 is 2.19 bits per heavy atom. The van der Waals surface area contributed by atoms with Crippen LogP contribution in [0.5, 0.6) is 0 Å². The minimum absolute atomic E-state index is 0.180. The summed E-state index contributed by atoms with van der Waals surface area (Å²) in [6.07, 6.45) is 1.97. The van der Waals surface area contributed by atoms with Gasteiger partial charge in [-0.2, -0.15) is 0 Å². The highest BCUT2D eigenvalue weighted by molar-refractivity contribution is 5.80. The summed E-state index contributed by atoms with van der Waals surface area (Å²) in [6.45, 7) is 0. The van der Waals surface area contributed by atoms with Crippen LogP contribution in [0.2, 0.25) is 0 Å². The van der Waals surface area contributed by atoms with Gasteiger partial charge in [0.1, 0.15) is 0 Å². The Morgan fingerprint density at radius 3 is 2.88 bits per heavy atom. The first-order chi connectivity index (χ1) is 7.83. The Labute approximate surface area is 93.7 Å². The molecule has 0 heterocycles. The van der Waals surface area contributed by atoms with Crippen molar-refractivity contribution in [3.8, 4) is 11.8 Å². The number of hydrogen-bond acceptors (Lipinski definition) is 3. The number of benzene rings is 1. The van der Waals surface area contributed by atoms with Crippen LogP contribution in [0.1, 0.15) is 5.56 Å². The Balaban J connectivity index is 2.40. The van der Waals surface area contributed by atoms with E-state index in [9.17, 15) is 0 Å². The third-order valence-corrected chi connectivity index (χ3v) is 1.64. The predicted octanol–water partition coefficient (Wildman–Crippen LogP) is 0.512. The maximum atomic E-state index is 8.27. The second-order valence-electron chi connectivity index (χ2n) is 2.83. The first kappa shape index (κ1) is 11.8. The van der Waals surface area contributed by atoms with Gasteiger partial charge in [0.25, 0.3) is 0 Å². The van der Waals surface area contributed by atoms with Gasteiger partial charge in [-0.25, -0.2) is 5.48 Å². The minimum Gasteiger partial charge on any atom is -0.367 e. The minimum atomic E-state index is -0.180. The van der Waals surface area contributed by atoms with Crippen LogP contribution in [-0.2, 0) is 6.42 Å². The number of rotatable bonds is 2. The molecule has 0 aliphatic rings. The summed E-state index contributed by atoms with van der Waals surface area (Å²) in [4.78, 5) is 0. The molecule has 0 unspecified atom stereocenters. The van der Waals surface area contributed by atoms with E-state index in [2.05, 4.69) is 22.0 Å². The topological polar surface area (TPSA) is 83.0 Å². The van der Waals surface area contributed by atoms with Gasteiger partial charge in [-0.15, -0.1) is 10.2 Å². The molecule has 0 saturated heterocycles. The molecule has 0 spiro atoms. The van der Waals surface area contributed by atoms with Gasteiger partial charge in [0, 0.05) is 6.42 Å². The maximum absolute atomic E-state index is 8.27. The molecule has 0 fully saturated rings. The molecule has 16 heavy (non-hydrogen) atoms. The van der Waals surface area contributed by atoms with Crippen molar-refractivity contribution in [1.82, 2.24) is 5.48 Å². The molecule has 0 atom stereocenters. The normalized spacial score (nSPS) is 10.9. The summed E-state index contributed by atoms with van der Waals surface area (Å²) in [5, 5.41) is 15.2. The fraction of sp³-hybridized carbons (Fsp3) is 0.0909. The van der Waals surface area contributed by atoms with E-state index in [1.165, 1.54) is 6.21 Å². The maximum Gasteiger partial charge on any atom is 0.237 e. The largest absolute Gasteiger partial charge is 0.367 e. The van der Waals surface area contributed by atoms with E-state index in [1.54, 1.807) is 5.48 Å². The Morgan fingerprint density at radius 1 is 1.44 bits per heavy atom. The number of nitrogens with zero attached hydrogens (tertiary/aromatic N) is 2. The molecule has 4 N–H and O–H groups in total. The van der Waals surface area contributed by atoms with E-state index >= 15 is 0 Å². The van der Waals surface area contributed by atoms with Gasteiger partial charge < -0.3 is 5.73 Å². The quantitative estimate of drug-likeness (QED) is 0.291. The van der Waals surface area contributed by atoms with Gasteiger partial charge in [-0.3, -0.25) is 5.21 Å². The van der Waals surface area contributed by atoms with E-state index in [-0.39, 0.29) is 5.96 Å². The Bertz CT molecular complexity index is 428. The number of guanidine groups is 1. The third-order valence-electron chi connectivity index (χ3n) is 1.64. The smallest absolute Gasteiger partial charge is 0.237 e. The molecule has 0 amide bonds. The molecule has 82 valence electrons. The van der Waals surface area contributed by atoms with Crippen molar-refractivity contribution in [2.75, 3.05) is 0 Å². The number of nitrogens with two attached hydrogens (primary N) is 1. The molecule has 1 rings (SSSR count). The number of nitrogens with one attached hydrogen (secondary N) is 1. The van der Waals surface area contributed by atoms with Gasteiger partial charge in [0.2, 0.25) is 5.96 Å². The standard InChI is InChI=1S/C11H12N4O/c12-11(15-16)14-13-9-5-4-8-10-6-2-1-3-7-10/h1-3,6-7,9,16H,8H2,(H3,12,14,15). The van der Waals surface area contributed by atoms with E-state index < -0.39 is 0 Å². The van der Waals surface area contributed by atoms with Crippen LogP contribution in [0.3, 0.4) is 0 Å². The zero-order valence-corrected chi connectivity index (χ0v) is 8.59. The first-order valence-electron chi connectivity index (χ1n) is 4.60. The summed E-state index contributed by atoms with van der Waals surface area (Å²) in [5.74, 6) is 5.42. The highest BCUT2D eigenvalue weighted by Gasteiger charge is 1.84. The van der Waals surface area contributed by atoms with Crippen LogP contribution in [0.25, 0.3) is 0 Å². The Hall–Kier alpha value is -2.32. The zero-order valence-electron chi connectivity index (χ0n) is 8.59. The van der Waals surface area contributed by atoms with Crippen LogP contribution >= 0.6 is 0 Å². The van der Waals surface area contributed by atoms with Gasteiger partial charge in [-0.1, -0.05) is 42.2 Å². The van der Waals surface area contributed by atoms with Crippen LogP contribution in [-0.4, -0.2) is 17.4 Å². The monoisotopic (exact) mass is 216 g/mol. The lowest BCUT2D eigenvalue weighted by Gasteiger charge is -1.90. The van der Waals surface area contributed by atoms with Crippen molar-refractivity contribution < 1.29 is 5.21 Å². The van der Waals surface area contributed by atoms with Crippen molar-refractivity contribution in [1.29, 1.82) is 0 Å². The molecular formula is C11H12N4O. The SMILES string of the molecule is NC(=NN=CC#CCc1ccccc1)NO. The molecule has 0 saturated carbocycles. The van der Waals surface area contributed by atoms with Gasteiger partial charge in [0.05, 0.1) is 6.21 Å². The number of hydrogen-bond donors (Lipinski definition) is 3. The van der Waals surface area contributed by atoms with Crippen molar-refractivity contribution in [3.05, 3.63) is 35.9 Å². The fourth-order valence-corrected chi connectivity index (χ4v) is 0.937. The zero-order chi connectivity index (χ0) is 11.6. The summed E-state index contributed by atoms with van der Waals surface area (Å²) < 4.78 is 0. The average molecular weight is 216 g/mol. The second kappa shape index (κ2) is 7.04. The van der Waals surface area contributed by atoms with Gasteiger partial charge in [-0.05, 0) is 5.56 Å². The van der Waals surface area contributed by atoms with Crippen LogP contribution in [0, 0.1) is 11.8 Å². The van der Waals surface area contributed by atoms with Crippen molar-refractivity contribution in [3.63, 3.8) is 0 Å². The molecule has 5 heteroatoms. The molecule has 5 nitrogen and oxygen atoms in total. The summed E-state index contributed by atoms with van der Waals surface area (Å²) in [6, 6.07) is 9.87. The summed E-state index contributed by atoms with van der Waals surface area (Å²) >= 11 is 0. The molecule has 0 aromatic heterocycles. The van der Waals surface area contributed by atoms with Crippen molar-refractivity contribution in [2.45, 2.75) is 6.42 Å². The Kier molecular flexibility index (Phi) is 5.17. The van der Waals surface area contributed by atoms with E-state index in [1.807, 2.05) is 30.3 Å². The second-order valence-corrected chi connectivity index (χ2v) is 2.83. The lowest BCUT2D eigenvalue weighted by atomic mass is 10.2. The lowest BCUT2D eigenvalue weighted by molar-refractivity contribution is 0.232. The van der Waals surface area contributed by atoms with E-state index in [0.29, 0.717) is 6.42 Å². The van der Waals surface area contributed by atoms with Crippen LogP contribution < -0.4 is 11.2 Å². The summed E-state index contributed by atoms with van der Waals surface area (Å²) in [5.41, 5.74) is 7.90. The van der Waals surface area contributed by atoms with Crippen LogP contribution in [0.15, 0.2) is 40.5 Å². The highest BCUT2D eigenvalue weighted by atomic mass is 16.5. The molecule has 0 aliphatic carbocycles. The van der Waals surface area contributed by atoms with Crippen molar-refractivity contribution >= 4 is 12.2 Å². The molecular weight excluding hydrogens is 204 g/mol.